The number of H-pyrrole nitrogens is 1. The molecule has 0 saturated carbocycles. The van der Waals surface area contributed by atoms with Gasteiger partial charge in [0.2, 0.25) is 0 Å². The molecule has 0 aliphatic carbocycles. The van der Waals surface area contributed by atoms with Gasteiger partial charge >= 0.3 is 0 Å². The molecule has 1 aliphatic heterocycles. The molecule has 7 N–H and O–H groups in total. The number of nitrogens with one attached hydrogen (secondary N) is 4. The molecule has 2 amide bonds. The number of benzene rings is 3. The zero-order valence-electron chi connectivity index (χ0n) is 30.0. The summed E-state index contributed by atoms with van der Waals surface area (Å²) in [6.45, 7) is 5.31. The summed E-state index contributed by atoms with van der Waals surface area (Å²) in [6, 6.07) is 24.5. The standard InChI is InChI=1S/C41H45N7O6/c42-11-15-52-17-19-54-20-18-53-16-13-45-40(50)29-9-12-44-30(22-29)26-48-14-10-28-6-5-27(21-37(28)48)24-43-25-36-38(33-3-1-2-4-35(33)46-36)39-34-23-31(49)7-8-32(34)41(51)47-39/h1-10,12,14,21-23,39,43,46,49H,11,13,15-20,24-26,42H2,(H,45,50)(H,47,51). The highest BCUT2D eigenvalue weighted by Gasteiger charge is 2.33. The van der Waals surface area contributed by atoms with Crippen molar-refractivity contribution >= 4 is 33.6 Å². The maximum atomic E-state index is 12.9. The first-order valence-corrected chi connectivity index (χ1v) is 18.2. The summed E-state index contributed by atoms with van der Waals surface area (Å²) < 4.78 is 18.4. The number of pyridine rings is 1. The predicted octanol–water partition coefficient (Wildman–Crippen LogP) is 4.13. The lowest BCUT2D eigenvalue weighted by Gasteiger charge is -2.15. The number of phenols is 1. The number of hydrogen-bond acceptors (Lipinski definition) is 9. The lowest BCUT2D eigenvalue weighted by Crippen LogP contribution is -2.28. The minimum absolute atomic E-state index is 0.126. The normalized spacial score (nSPS) is 13.8. The Morgan fingerprint density at radius 1 is 0.907 bits per heavy atom. The number of carbonyl (C=O) groups is 2. The monoisotopic (exact) mass is 731 g/mol. The molecule has 6 aromatic rings. The van der Waals surface area contributed by atoms with Gasteiger partial charge in [-0.15, -0.1) is 0 Å². The maximum absolute atomic E-state index is 12.9. The Morgan fingerprint density at radius 3 is 2.57 bits per heavy atom. The molecule has 0 radical (unpaired) electrons. The van der Waals surface area contributed by atoms with Gasteiger partial charge < -0.3 is 50.6 Å². The minimum atomic E-state index is -0.381. The Kier molecular flexibility index (Phi) is 11.9. The van der Waals surface area contributed by atoms with Crippen molar-refractivity contribution in [3.8, 4) is 5.75 Å². The number of hydrogen-bond donors (Lipinski definition) is 6. The third-order valence-electron chi connectivity index (χ3n) is 9.40. The molecule has 3 aromatic heterocycles. The highest BCUT2D eigenvalue weighted by atomic mass is 16.5. The summed E-state index contributed by atoms with van der Waals surface area (Å²) in [4.78, 5) is 33.8. The smallest absolute Gasteiger partial charge is 0.252 e. The first-order valence-electron chi connectivity index (χ1n) is 18.2. The van der Waals surface area contributed by atoms with Crippen molar-refractivity contribution < 1.29 is 28.9 Å². The number of aromatic amines is 1. The van der Waals surface area contributed by atoms with Gasteiger partial charge in [0.05, 0.1) is 57.9 Å². The van der Waals surface area contributed by atoms with Crippen molar-refractivity contribution in [2.45, 2.75) is 25.7 Å². The van der Waals surface area contributed by atoms with E-state index in [0.717, 1.165) is 49.9 Å². The van der Waals surface area contributed by atoms with Gasteiger partial charge in [0, 0.05) is 77.4 Å². The molecule has 0 fully saturated rings. The number of nitrogens with two attached hydrogens (primary N) is 1. The Morgan fingerprint density at radius 2 is 1.72 bits per heavy atom. The lowest BCUT2D eigenvalue weighted by molar-refractivity contribution is 0.0166. The molecule has 54 heavy (non-hydrogen) atoms. The van der Waals surface area contributed by atoms with Crippen LogP contribution in [0.1, 0.15) is 54.8 Å². The van der Waals surface area contributed by atoms with E-state index in [1.165, 1.54) is 0 Å². The largest absolute Gasteiger partial charge is 0.508 e. The van der Waals surface area contributed by atoms with E-state index in [1.807, 2.05) is 30.5 Å². The van der Waals surface area contributed by atoms with Gasteiger partial charge in [-0.1, -0.05) is 30.3 Å². The Bertz CT molecular complexity index is 2230. The van der Waals surface area contributed by atoms with Crippen LogP contribution < -0.4 is 21.7 Å². The molecule has 1 aliphatic rings. The van der Waals surface area contributed by atoms with E-state index >= 15 is 0 Å². The summed E-state index contributed by atoms with van der Waals surface area (Å²) in [6.07, 6.45) is 3.69. The zero-order chi connectivity index (χ0) is 37.3. The van der Waals surface area contributed by atoms with E-state index < -0.39 is 0 Å². The highest BCUT2D eigenvalue weighted by molar-refractivity contribution is 6.01. The van der Waals surface area contributed by atoms with Crippen LogP contribution in [0.2, 0.25) is 0 Å². The van der Waals surface area contributed by atoms with Crippen molar-refractivity contribution in [1.82, 2.24) is 30.5 Å². The van der Waals surface area contributed by atoms with E-state index in [0.29, 0.717) is 83.5 Å². The summed E-state index contributed by atoms with van der Waals surface area (Å²) >= 11 is 0. The first kappa shape index (κ1) is 36.8. The topological polar surface area (TPSA) is 178 Å². The van der Waals surface area contributed by atoms with Crippen molar-refractivity contribution in [3.63, 3.8) is 0 Å². The first-order chi connectivity index (χ1) is 26.5. The number of amides is 2. The van der Waals surface area contributed by atoms with Crippen LogP contribution in [0.15, 0.2) is 91.3 Å². The quantitative estimate of drug-likeness (QED) is 0.0669. The maximum Gasteiger partial charge on any atom is 0.252 e. The second kappa shape index (κ2) is 17.5. The molecule has 7 rings (SSSR count). The van der Waals surface area contributed by atoms with Crippen molar-refractivity contribution in [2.75, 3.05) is 52.7 Å². The van der Waals surface area contributed by atoms with Crippen molar-refractivity contribution in [2.24, 2.45) is 5.73 Å². The third kappa shape index (κ3) is 8.62. The highest BCUT2D eigenvalue weighted by Crippen LogP contribution is 2.38. The molecule has 0 saturated heterocycles. The Labute approximate surface area is 312 Å². The second-order valence-corrected chi connectivity index (χ2v) is 13.1. The molecule has 1 unspecified atom stereocenters. The zero-order valence-corrected chi connectivity index (χ0v) is 30.0. The summed E-state index contributed by atoms with van der Waals surface area (Å²) in [5, 5.41) is 22.0. The van der Waals surface area contributed by atoms with Gasteiger partial charge in [-0.05, 0) is 65.0 Å². The van der Waals surface area contributed by atoms with E-state index in [2.05, 4.69) is 60.8 Å². The van der Waals surface area contributed by atoms with Crippen LogP contribution in [0.4, 0.5) is 0 Å². The van der Waals surface area contributed by atoms with Crippen LogP contribution in [-0.4, -0.2) is 84.2 Å². The van der Waals surface area contributed by atoms with Gasteiger partial charge in [0.25, 0.3) is 11.8 Å². The van der Waals surface area contributed by atoms with Crippen LogP contribution in [0.3, 0.4) is 0 Å². The molecule has 3 aromatic carbocycles. The summed E-state index contributed by atoms with van der Waals surface area (Å²) in [5.41, 5.74) is 13.1. The number of nitrogens with zero attached hydrogens (tertiary/aromatic N) is 2. The number of fused-ring (bicyclic) bond motifs is 3. The molecule has 4 heterocycles. The Balaban J connectivity index is 0.948. The molecule has 280 valence electrons. The van der Waals surface area contributed by atoms with Crippen LogP contribution in [0, 0.1) is 0 Å². The number of carbonyl (C=O) groups excluding carboxylic acids is 2. The van der Waals surface area contributed by atoms with E-state index in [-0.39, 0.29) is 23.6 Å². The fourth-order valence-corrected chi connectivity index (χ4v) is 6.85. The molecule has 0 bridgehead atoms. The molecule has 1 atom stereocenters. The molecule has 13 heteroatoms. The summed E-state index contributed by atoms with van der Waals surface area (Å²) in [5.74, 6) is -0.209. The van der Waals surface area contributed by atoms with E-state index in [9.17, 15) is 14.7 Å². The minimum Gasteiger partial charge on any atom is -0.508 e. The fourth-order valence-electron chi connectivity index (χ4n) is 6.85. The van der Waals surface area contributed by atoms with Gasteiger partial charge in [0.15, 0.2) is 0 Å². The average Bonchev–Trinajstić information content (AvgIpc) is 3.86. The van der Waals surface area contributed by atoms with Crippen molar-refractivity contribution in [1.29, 1.82) is 0 Å². The lowest BCUT2D eigenvalue weighted by atomic mass is 9.95. The predicted molar refractivity (Wildman–Crippen MR) is 205 cm³/mol. The van der Waals surface area contributed by atoms with Gasteiger partial charge in [-0.2, -0.15) is 0 Å². The number of rotatable bonds is 19. The number of ether oxygens (including phenoxy) is 3. The number of para-hydroxylation sites is 1. The third-order valence-corrected chi connectivity index (χ3v) is 9.40. The van der Waals surface area contributed by atoms with Crippen LogP contribution in [-0.2, 0) is 33.8 Å². The number of phenolic OH excluding ortho intramolecular Hbond substituents is 1. The fraction of sp³-hybridized carbons (Fsp3) is 0.293. The van der Waals surface area contributed by atoms with Gasteiger partial charge in [-0.25, -0.2) is 0 Å². The van der Waals surface area contributed by atoms with Crippen molar-refractivity contribution in [3.05, 3.63) is 130 Å². The van der Waals surface area contributed by atoms with E-state index in [4.69, 9.17) is 19.9 Å². The number of aromatic nitrogens is 3. The molecular weight excluding hydrogens is 686 g/mol. The number of aromatic hydroxyl groups is 1. The average molecular weight is 732 g/mol. The van der Waals surface area contributed by atoms with E-state index in [1.54, 1.807) is 30.5 Å². The second-order valence-electron chi connectivity index (χ2n) is 13.1. The van der Waals surface area contributed by atoms with Gasteiger partial charge in [0.1, 0.15) is 5.75 Å². The molecule has 0 spiro atoms. The van der Waals surface area contributed by atoms with Gasteiger partial charge in [-0.3, -0.25) is 14.6 Å². The molecule has 13 nitrogen and oxygen atoms in total. The van der Waals surface area contributed by atoms with Crippen LogP contribution in [0.5, 0.6) is 5.75 Å². The van der Waals surface area contributed by atoms with Crippen LogP contribution in [0.25, 0.3) is 21.8 Å². The SMILES string of the molecule is NCCOCCOCCOCCNC(=O)c1ccnc(Cn2ccc3ccc(CNCc4[nH]c5ccccc5c4C4NC(=O)c5ccc(O)cc54)cc32)c1. The summed E-state index contributed by atoms with van der Waals surface area (Å²) in [7, 11) is 0. The molecular formula is C41H45N7O6. The van der Waals surface area contributed by atoms with Crippen LogP contribution >= 0.6 is 0 Å². The Hall–Kier alpha value is -5.57.